The first-order valence-electron chi connectivity index (χ1n) is 9.39. The number of carbonyl (C=O) groups is 2. The number of ether oxygens (including phenoxy) is 1. The number of benzene rings is 1. The number of nitrogens with one attached hydrogen (secondary N) is 1. The molecule has 3 rings (SSSR count). The summed E-state index contributed by atoms with van der Waals surface area (Å²) in [4.78, 5) is 26.5. The summed E-state index contributed by atoms with van der Waals surface area (Å²) < 4.78 is 5.51. The van der Waals surface area contributed by atoms with E-state index in [0.29, 0.717) is 11.7 Å². The van der Waals surface area contributed by atoms with Gasteiger partial charge in [-0.2, -0.15) is 0 Å². The summed E-state index contributed by atoms with van der Waals surface area (Å²) in [5.41, 5.74) is 1.16. The van der Waals surface area contributed by atoms with Crippen LogP contribution in [-0.2, 0) is 9.59 Å². The number of hydrogen-bond acceptors (Lipinski definition) is 3. The Morgan fingerprint density at radius 2 is 1.72 bits per heavy atom. The van der Waals surface area contributed by atoms with E-state index in [4.69, 9.17) is 4.74 Å². The molecule has 1 aromatic carbocycles. The number of hydrogen-bond donors (Lipinski definition) is 1. The molecule has 0 aromatic heterocycles. The van der Waals surface area contributed by atoms with Crippen molar-refractivity contribution in [3.8, 4) is 5.75 Å². The summed E-state index contributed by atoms with van der Waals surface area (Å²) in [6, 6.07) is 7.81. The Hall–Kier alpha value is -2.04. The van der Waals surface area contributed by atoms with Gasteiger partial charge >= 0.3 is 0 Å². The first-order valence-corrected chi connectivity index (χ1v) is 9.39. The lowest BCUT2D eigenvalue weighted by atomic mass is 10.0. The zero-order valence-electron chi connectivity index (χ0n) is 15.0. The van der Waals surface area contributed by atoms with Crippen molar-refractivity contribution in [2.45, 2.75) is 51.5 Å². The van der Waals surface area contributed by atoms with Crippen LogP contribution >= 0.6 is 0 Å². The third kappa shape index (κ3) is 4.97. The summed E-state index contributed by atoms with van der Waals surface area (Å²) in [5, 5.41) is 3.03. The highest BCUT2D eigenvalue weighted by atomic mass is 16.5. The predicted molar refractivity (Wildman–Crippen MR) is 96.4 cm³/mol. The average molecular weight is 344 g/mol. The monoisotopic (exact) mass is 344 g/mol. The van der Waals surface area contributed by atoms with Gasteiger partial charge in [-0.05, 0) is 44.7 Å². The number of amides is 2. The SMILES string of the molecule is Cc1ccc(OCC(=O)NC2CCN(C(=O)C3CCCC3)CC2)cc1. The molecule has 1 heterocycles. The van der Waals surface area contributed by atoms with Crippen molar-refractivity contribution in [2.75, 3.05) is 19.7 Å². The van der Waals surface area contributed by atoms with Crippen LogP contribution in [0.15, 0.2) is 24.3 Å². The number of carbonyl (C=O) groups excluding carboxylic acids is 2. The third-order valence-corrected chi connectivity index (χ3v) is 5.27. The van der Waals surface area contributed by atoms with E-state index < -0.39 is 0 Å². The van der Waals surface area contributed by atoms with E-state index >= 15 is 0 Å². The fourth-order valence-corrected chi connectivity index (χ4v) is 3.73. The predicted octanol–water partition coefficient (Wildman–Crippen LogP) is 2.67. The van der Waals surface area contributed by atoms with Gasteiger partial charge in [-0.1, -0.05) is 30.5 Å². The second kappa shape index (κ2) is 8.37. The molecule has 1 saturated heterocycles. The normalized spacial score (nSPS) is 19.0. The molecule has 0 bridgehead atoms. The van der Waals surface area contributed by atoms with Crippen LogP contribution in [0.3, 0.4) is 0 Å². The van der Waals surface area contributed by atoms with Crippen molar-refractivity contribution in [3.63, 3.8) is 0 Å². The fraction of sp³-hybridized carbons (Fsp3) is 0.600. The molecular weight excluding hydrogens is 316 g/mol. The Morgan fingerprint density at radius 1 is 1.08 bits per heavy atom. The van der Waals surface area contributed by atoms with Gasteiger partial charge < -0.3 is 15.0 Å². The van der Waals surface area contributed by atoms with E-state index in [2.05, 4.69) is 5.32 Å². The Balaban J connectivity index is 1.37. The summed E-state index contributed by atoms with van der Waals surface area (Å²) in [5.74, 6) is 1.18. The van der Waals surface area contributed by atoms with Gasteiger partial charge in [-0.25, -0.2) is 0 Å². The Bertz CT molecular complexity index is 585. The summed E-state index contributed by atoms with van der Waals surface area (Å²) in [6.45, 7) is 3.54. The first kappa shape index (κ1) is 17.8. The quantitative estimate of drug-likeness (QED) is 0.893. The number of rotatable bonds is 5. The van der Waals surface area contributed by atoms with Crippen LogP contribution in [0, 0.1) is 12.8 Å². The Kier molecular flexibility index (Phi) is 5.95. The van der Waals surface area contributed by atoms with Gasteiger partial charge in [0.25, 0.3) is 5.91 Å². The lowest BCUT2D eigenvalue weighted by Gasteiger charge is -2.33. The maximum atomic E-state index is 12.4. The van der Waals surface area contributed by atoms with Gasteiger partial charge in [0.05, 0.1) is 0 Å². The van der Waals surface area contributed by atoms with Crippen molar-refractivity contribution in [1.29, 1.82) is 0 Å². The van der Waals surface area contributed by atoms with Crippen molar-refractivity contribution >= 4 is 11.8 Å². The third-order valence-electron chi connectivity index (χ3n) is 5.27. The second-order valence-corrected chi connectivity index (χ2v) is 7.25. The molecule has 5 heteroatoms. The minimum absolute atomic E-state index is 0.0320. The molecule has 1 aliphatic heterocycles. The van der Waals surface area contributed by atoms with Crippen molar-refractivity contribution in [2.24, 2.45) is 5.92 Å². The topological polar surface area (TPSA) is 58.6 Å². The van der Waals surface area contributed by atoms with Crippen molar-refractivity contribution in [1.82, 2.24) is 10.2 Å². The molecule has 0 atom stereocenters. The van der Waals surface area contributed by atoms with Crippen LogP contribution < -0.4 is 10.1 Å². The lowest BCUT2D eigenvalue weighted by molar-refractivity contribution is -0.136. The summed E-state index contributed by atoms with van der Waals surface area (Å²) in [7, 11) is 0. The van der Waals surface area contributed by atoms with E-state index in [1.54, 1.807) is 0 Å². The number of piperidine rings is 1. The number of likely N-dealkylation sites (tertiary alicyclic amines) is 1. The molecule has 2 aliphatic rings. The molecule has 0 spiro atoms. The standard InChI is InChI=1S/C20H28N2O3/c1-15-6-8-18(9-7-15)25-14-19(23)21-17-10-12-22(13-11-17)20(24)16-4-2-3-5-16/h6-9,16-17H,2-5,10-14H2,1H3,(H,21,23). The highest BCUT2D eigenvalue weighted by Gasteiger charge is 2.30. The molecule has 25 heavy (non-hydrogen) atoms. The fourth-order valence-electron chi connectivity index (χ4n) is 3.73. The molecule has 1 N–H and O–H groups in total. The minimum atomic E-state index is -0.0962. The highest BCUT2D eigenvalue weighted by Crippen LogP contribution is 2.27. The summed E-state index contributed by atoms with van der Waals surface area (Å²) in [6.07, 6.45) is 6.12. The molecular formula is C20H28N2O3. The minimum Gasteiger partial charge on any atom is -0.484 e. The molecule has 136 valence electrons. The zero-order valence-corrected chi connectivity index (χ0v) is 15.0. The van der Waals surface area contributed by atoms with Crippen LogP contribution in [0.2, 0.25) is 0 Å². The van der Waals surface area contributed by atoms with Gasteiger partial charge in [0.2, 0.25) is 5.91 Å². The van der Waals surface area contributed by atoms with Crippen LogP contribution in [0.5, 0.6) is 5.75 Å². The van der Waals surface area contributed by atoms with Gasteiger partial charge in [0.1, 0.15) is 5.75 Å². The van der Waals surface area contributed by atoms with E-state index in [0.717, 1.165) is 44.3 Å². The van der Waals surface area contributed by atoms with Crippen LogP contribution in [0.25, 0.3) is 0 Å². The van der Waals surface area contributed by atoms with Gasteiger partial charge in [-0.15, -0.1) is 0 Å². The first-order chi connectivity index (χ1) is 12.1. The Labute approximate surface area is 149 Å². The number of aryl methyl sites for hydroxylation is 1. The number of nitrogens with zero attached hydrogens (tertiary/aromatic N) is 1. The lowest BCUT2D eigenvalue weighted by Crippen LogP contribution is -2.48. The largest absolute Gasteiger partial charge is 0.484 e. The molecule has 2 fully saturated rings. The molecule has 0 unspecified atom stereocenters. The van der Waals surface area contributed by atoms with Crippen LogP contribution in [0.1, 0.15) is 44.1 Å². The maximum absolute atomic E-state index is 12.4. The van der Waals surface area contributed by atoms with Gasteiger partial charge in [0, 0.05) is 25.0 Å². The maximum Gasteiger partial charge on any atom is 0.258 e. The highest BCUT2D eigenvalue weighted by molar-refractivity contribution is 5.79. The van der Waals surface area contributed by atoms with E-state index in [-0.39, 0.29) is 24.5 Å². The molecule has 0 radical (unpaired) electrons. The van der Waals surface area contributed by atoms with Crippen molar-refractivity contribution in [3.05, 3.63) is 29.8 Å². The molecule has 1 aromatic rings. The van der Waals surface area contributed by atoms with Gasteiger partial charge in [-0.3, -0.25) is 9.59 Å². The molecule has 1 aliphatic carbocycles. The van der Waals surface area contributed by atoms with E-state index in [9.17, 15) is 9.59 Å². The summed E-state index contributed by atoms with van der Waals surface area (Å²) >= 11 is 0. The van der Waals surface area contributed by atoms with Gasteiger partial charge in [0.15, 0.2) is 6.61 Å². The molecule has 2 amide bonds. The van der Waals surface area contributed by atoms with Crippen LogP contribution in [0.4, 0.5) is 0 Å². The smallest absolute Gasteiger partial charge is 0.258 e. The molecule has 5 nitrogen and oxygen atoms in total. The van der Waals surface area contributed by atoms with E-state index in [1.807, 2.05) is 36.1 Å². The average Bonchev–Trinajstić information content (AvgIpc) is 3.16. The van der Waals surface area contributed by atoms with Crippen molar-refractivity contribution < 1.29 is 14.3 Å². The zero-order chi connectivity index (χ0) is 17.6. The molecule has 1 saturated carbocycles. The van der Waals surface area contributed by atoms with Crippen LogP contribution in [-0.4, -0.2) is 42.5 Å². The second-order valence-electron chi connectivity index (χ2n) is 7.25. The van der Waals surface area contributed by atoms with E-state index in [1.165, 1.54) is 12.8 Å². The Morgan fingerprint density at radius 3 is 2.36 bits per heavy atom.